The molecule has 3 aliphatic rings. The van der Waals surface area contributed by atoms with Crippen LogP contribution >= 0.6 is 9.24 Å². The Labute approximate surface area is 194 Å². The monoisotopic (exact) mass is 474 g/mol. The van der Waals surface area contributed by atoms with Crippen LogP contribution in [0.2, 0.25) is 0 Å². The van der Waals surface area contributed by atoms with E-state index in [1.165, 1.54) is 6.07 Å². The minimum absolute atomic E-state index is 0.114. The Morgan fingerprint density at radius 1 is 1.21 bits per heavy atom. The summed E-state index contributed by atoms with van der Waals surface area (Å²) in [5.74, 6) is 0.0728. The fraction of sp³-hybridized carbons (Fsp3) is 0.500. The average Bonchev–Trinajstić information content (AvgIpc) is 3.29. The second kappa shape index (κ2) is 8.80. The Kier molecular flexibility index (Phi) is 6.00. The first-order chi connectivity index (χ1) is 15.9. The van der Waals surface area contributed by atoms with Gasteiger partial charge in [0.05, 0.1) is 18.3 Å². The van der Waals surface area contributed by atoms with Crippen LogP contribution in [0.5, 0.6) is 0 Å². The molecule has 1 aromatic heterocycles. The van der Waals surface area contributed by atoms with Crippen molar-refractivity contribution in [2.75, 3.05) is 30.4 Å². The lowest BCUT2D eigenvalue weighted by molar-refractivity contribution is 0.0232. The SMILES string of the molecule is COC1C[C@H]2CC[C@@H](C1)N2C(=O)Nc1c(-c2ccccc2F)ccnc1N1CCC(F)(P)C1. The predicted molar refractivity (Wildman–Crippen MR) is 128 cm³/mol. The van der Waals surface area contributed by atoms with E-state index in [9.17, 15) is 13.6 Å². The number of benzene rings is 1. The molecule has 1 aromatic carbocycles. The second-order valence-electron chi connectivity index (χ2n) is 9.29. The molecule has 0 aliphatic carbocycles. The van der Waals surface area contributed by atoms with E-state index in [0.717, 1.165) is 25.7 Å². The number of aromatic nitrogens is 1. The van der Waals surface area contributed by atoms with Crippen LogP contribution in [0.25, 0.3) is 11.1 Å². The number of hydrogen-bond acceptors (Lipinski definition) is 4. The molecule has 1 N–H and O–H groups in total. The molecule has 3 aliphatic heterocycles. The van der Waals surface area contributed by atoms with E-state index >= 15 is 0 Å². The van der Waals surface area contributed by atoms with E-state index in [0.29, 0.717) is 35.6 Å². The fourth-order valence-corrected chi connectivity index (χ4v) is 5.87. The number of carbonyl (C=O) groups excluding carboxylic acids is 1. The van der Waals surface area contributed by atoms with E-state index in [-0.39, 0.29) is 30.8 Å². The van der Waals surface area contributed by atoms with Gasteiger partial charge >= 0.3 is 6.03 Å². The van der Waals surface area contributed by atoms with Crippen LogP contribution < -0.4 is 10.2 Å². The smallest absolute Gasteiger partial charge is 0.322 e. The van der Waals surface area contributed by atoms with Crippen molar-refractivity contribution in [1.29, 1.82) is 0 Å². The Bertz CT molecular complexity index is 1040. The molecule has 0 radical (unpaired) electrons. The van der Waals surface area contributed by atoms with Crippen LogP contribution in [-0.2, 0) is 4.74 Å². The number of rotatable bonds is 4. The Morgan fingerprint density at radius 2 is 1.94 bits per heavy atom. The highest BCUT2D eigenvalue weighted by Gasteiger charge is 2.44. The van der Waals surface area contributed by atoms with Crippen molar-refractivity contribution in [2.45, 2.75) is 55.7 Å². The van der Waals surface area contributed by atoms with Crippen LogP contribution in [0.15, 0.2) is 36.5 Å². The first-order valence-corrected chi connectivity index (χ1v) is 12.0. The van der Waals surface area contributed by atoms with Gasteiger partial charge in [0, 0.05) is 49.5 Å². The van der Waals surface area contributed by atoms with Gasteiger partial charge in [0.15, 0.2) is 5.82 Å². The number of pyridine rings is 1. The summed E-state index contributed by atoms with van der Waals surface area (Å²) in [7, 11) is 3.98. The number of amides is 2. The molecule has 2 amide bonds. The summed E-state index contributed by atoms with van der Waals surface area (Å²) >= 11 is 0. The molecule has 2 aromatic rings. The second-order valence-corrected chi connectivity index (χ2v) is 10.3. The number of nitrogens with one attached hydrogen (secondary N) is 1. The number of nitrogens with zero attached hydrogens (tertiary/aromatic N) is 3. The maximum Gasteiger partial charge on any atom is 0.322 e. The van der Waals surface area contributed by atoms with E-state index in [2.05, 4.69) is 19.5 Å². The molecule has 33 heavy (non-hydrogen) atoms. The number of piperidine rings is 1. The zero-order valence-electron chi connectivity index (χ0n) is 18.6. The van der Waals surface area contributed by atoms with Gasteiger partial charge in [0.25, 0.3) is 0 Å². The number of carbonyl (C=O) groups is 1. The predicted octanol–water partition coefficient (Wildman–Crippen LogP) is 4.81. The Hall–Kier alpha value is -2.31. The third-order valence-corrected chi connectivity index (χ3v) is 7.61. The maximum absolute atomic E-state index is 14.8. The summed E-state index contributed by atoms with van der Waals surface area (Å²) in [6, 6.07) is 8.15. The summed E-state index contributed by atoms with van der Waals surface area (Å²) in [5.41, 5.74) is 1.32. The van der Waals surface area contributed by atoms with Crippen LogP contribution in [0.4, 0.5) is 25.1 Å². The molecule has 0 spiro atoms. The topological polar surface area (TPSA) is 57.7 Å². The third kappa shape index (κ3) is 4.31. The summed E-state index contributed by atoms with van der Waals surface area (Å²) < 4.78 is 34.9. The molecule has 3 unspecified atom stereocenters. The molecular formula is C24H29F2N4O2P. The van der Waals surface area contributed by atoms with E-state index in [1.54, 1.807) is 37.6 Å². The van der Waals surface area contributed by atoms with Crippen LogP contribution in [0.3, 0.4) is 0 Å². The number of urea groups is 1. The summed E-state index contributed by atoms with van der Waals surface area (Å²) in [5, 5.41) is 1.64. The lowest BCUT2D eigenvalue weighted by Gasteiger charge is -2.38. The highest BCUT2D eigenvalue weighted by molar-refractivity contribution is 7.18. The van der Waals surface area contributed by atoms with Crippen molar-refractivity contribution in [3.63, 3.8) is 0 Å². The lowest BCUT2D eigenvalue weighted by Crippen LogP contribution is -2.50. The number of methoxy groups -OCH3 is 1. The largest absolute Gasteiger partial charge is 0.381 e. The van der Waals surface area contributed by atoms with Crippen molar-refractivity contribution < 1.29 is 18.3 Å². The Morgan fingerprint density at radius 3 is 2.58 bits per heavy atom. The maximum atomic E-state index is 14.8. The summed E-state index contributed by atoms with van der Waals surface area (Å²) in [4.78, 5) is 21.8. The molecule has 2 bridgehead atoms. The molecule has 3 fully saturated rings. The van der Waals surface area contributed by atoms with Gasteiger partial charge in [-0.1, -0.05) is 27.4 Å². The standard InChI is InChI=1S/C24H29F2N4O2P/c1-32-17-12-15-6-7-16(13-17)30(15)23(31)28-21-19(18-4-2-3-5-20(18)25)8-10-27-22(21)29-11-9-24(26,33)14-29/h2-5,8,10,15-17H,6-7,9,11-14,33H2,1H3,(H,28,31)/t15-,16+,17?,24?. The third-order valence-electron chi connectivity index (χ3n) is 7.14. The number of ether oxygens (including phenoxy) is 1. The van der Waals surface area contributed by atoms with Gasteiger partial charge in [0.2, 0.25) is 0 Å². The van der Waals surface area contributed by atoms with Crippen LogP contribution in [0.1, 0.15) is 32.1 Å². The number of anilines is 2. The van der Waals surface area contributed by atoms with E-state index in [1.807, 2.05) is 9.80 Å². The highest BCUT2D eigenvalue weighted by Crippen LogP contribution is 2.42. The molecule has 5 rings (SSSR count). The van der Waals surface area contributed by atoms with Crippen molar-refractivity contribution in [3.8, 4) is 11.1 Å². The minimum atomic E-state index is -1.42. The number of fused-ring (bicyclic) bond motifs is 2. The lowest BCUT2D eigenvalue weighted by atomic mass is 10.00. The van der Waals surface area contributed by atoms with Crippen molar-refractivity contribution in [3.05, 3.63) is 42.3 Å². The average molecular weight is 474 g/mol. The molecule has 176 valence electrons. The fourth-order valence-electron chi connectivity index (χ4n) is 5.52. The van der Waals surface area contributed by atoms with Crippen molar-refractivity contribution in [1.82, 2.24) is 9.88 Å². The normalized spacial score (nSPS) is 28.9. The Balaban J connectivity index is 1.51. The van der Waals surface area contributed by atoms with E-state index < -0.39 is 11.2 Å². The van der Waals surface area contributed by atoms with Gasteiger partial charge < -0.3 is 19.9 Å². The van der Waals surface area contributed by atoms with Gasteiger partial charge in [-0.25, -0.2) is 18.6 Å². The molecule has 6 nitrogen and oxygen atoms in total. The van der Waals surface area contributed by atoms with Gasteiger partial charge in [0.1, 0.15) is 11.2 Å². The van der Waals surface area contributed by atoms with Crippen LogP contribution in [-0.4, -0.2) is 59.7 Å². The van der Waals surface area contributed by atoms with Gasteiger partial charge in [-0.2, -0.15) is 0 Å². The molecule has 9 heteroatoms. The first-order valence-electron chi connectivity index (χ1n) is 11.4. The molecule has 5 atom stereocenters. The highest BCUT2D eigenvalue weighted by atomic mass is 31.0. The van der Waals surface area contributed by atoms with Gasteiger partial charge in [-0.3, -0.25) is 0 Å². The summed E-state index contributed by atoms with van der Waals surface area (Å²) in [6.07, 6.45) is 5.60. The number of alkyl halides is 1. The molecule has 3 saturated heterocycles. The first kappa shape index (κ1) is 22.5. The van der Waals surface area contributed by atoms with Crippen molar-refractivity contribution >= 4 is 26.8 Å². The van der Waals surface area contributed by atoms with E-state index in [4.69, 9.17) is 4.74 Å². The van der Waals surface area contributed by atoms with Gasteiger partial charge in [-0.15, -0.1) is 0 Å². The zero-order chi connectivity index (χ0) is 23.2. The molecule has 0 saturated carbocycles. The zero-order valence-corrected chi connectivity index (χ0v) is 19.8. The quantitative estimate of drug-likeness (QED) is 0.646. The number of halogens is 2. The molecular weight excluding hydrogens is 445 g/mol. The minimum Gasteiger partial charge on any atom is -0.381 e. The van der Waals surface area contributed by atoms with Crippen molar-refractivity contribution in [2.24, 2.45) is 0 Å². The van der Waals surface area contributed by atoms with Gasteiger partial charge in [-0.05, 0) is 37.8 Å². The summed E-state index contributed by atoms with van der Waals surface area (Å²) in [6.45, 7) is 0.597. The number of hydrogen-bond donors (Lipinski definition) is 1. The molecule has 4 heterocycles. The van der Waals surface area contributed by atoms with Crippen LogP contribution in [0, 0.1) is 5.82 Å².